The molecule has 2 aromatic heterocycles. The van der Waals surface area contributed by atoms with Gasteiger partial charge in [0, 0.05) is 28.9 Å². The second kappa shape index (κ2) is 5.99. The number of rotatable bonds is 3. The summed E-state index contributed by atoms with van der Waals surface area (Å²) in [5, 5.41) is 5.86. The van der Waals surface area contributed by atoms with Crippen molar-refractivity contribution >= 4 is 11.3 Å². The maximum absolute atomic E-state index is 4.34. The maximum atomic E-state index is 4.34. The Labute approximate surface area is 134 Å². The fourth-order valence-electron chi connectivity index (χ4n) is 3.02. The van der Waals surface area contributed by atoms with Crippen LogP contribution in [-0.2, 0) is 12.8 Å². The smallest absolute Gasteiger partial charge is 0.159 e. The molecule has 0 bridgehead atoms. The molecule has 0 fully saturated rings. The van der Waals surface area contributed by atoms with Crippen molar-refractivity contribution in [1.82, 2.24) is 15.3 Å². The Morgan fingerprint density at radius 3 is 2.95 bits per heavy atom. The van der Waals surface area contributed by atoms with Gasteiger partial charge in [-0.15, -0.1) is 11.3 Å². The van der Waals surface area contributed by atoms with Gasteiger partial charge in [-0.3, -0.25) is 0 Å². The standard InChI is InChI=1S/C18H17N3S/c1-3-13(11-15(4-1)18-20-7-2-8-21-18)12-16-17-14(5-9-19-16)6-10-22-17/h1-4,6-8,10-11,16,19H,5,9,12H2. The number of fused-ring (bicyclic) bond motifs is 1. The van der Waals surface area contributed by atoms with E-state index in [1.807, 2.05) is 17.4 Å². The van der Waals surface area contributed by atoms with E-state index in [-0.39, 0.29) is 0 Å². The highest BCUT2D eigenvalue weighted by Crippen LogP contribution is 2.31. The molecule has 110 valence electrons. The third-order valence-corrected chi connectivity index (χ3v) is 5.15. The average molecular weight is 307 g/mol. The van der Waals surface area contributed by atoms with Crippen LogP contribution in [0.5, 0.6) is 0 Å². The lowest BCUT2D eigenvalue weighted by Crippen LogP contribution is -2.29. The summed E-state index contributed by atoms with van der Waals surface area (Å²) < 4.78 is 0. The van der Waals surface area contributed by atoms with E-state index in [0.717, 1.165) is 30.8 Å². The van der Waals surface area contributed by atoms with Crippen LogP contribution in [0.25, 0.3) is 11.4 Å². The molecule has 4 rings (SSSR count). The summed E-state index contributed by atoms with van der Waals surface area (Å²) in [5.41, 5.74) is 3.92. The van der Waals surface area contributed by atoms with Crippen LogP contribution in [0.4, 0.5) is 0 Å². The van der Waals surface area contributed by atoms with Crippen molar-refractivity contribution in [2.24, 2.45) is 0 Å². The third-order valence-electron chi connectivity index (χ3n) is 4.07. The van der Waals surface area contributed by atoms with Gasteiger partial charge in [0.05, 0.1) is 0 Å². The lowest BCUT2D eigenvalue weighted by molar-refractivity contribution is 0.512. The van der Waals surface area contributed by atoms with Crippen LogP contribution in [-0.4, -0.2) is 16.5 Å². The van der Waals surface area contributed by atoms with Crippen molar-refractivity contribution < 1.29 is 0 Å². The first-order valence-corrected chi connectivity index (χ1v) is 8.44. The monoisotopic (exact) mass is 307 g/mol. The summed E-state index contributed by atoms with van der Waals surface area (Å²) in [5.74, 6) is 0.790. The Balaban J connectivity index is 1.60. The molecule has 0 amide bonds. The summed E-state index contributed by atoms with van der Waals surface area (Å²) in [6.45, 7) is 1.07. The van der Waals surface area contributed by atoms with Crippen LogP contribution >= 0.6 is 11.3 Å². The number of nitrogens with one attached hydrogen (secondary N) is 1. The zero-order valence-corrected chi connectivity index (χ0v) is 13.0. The molecule has 1 unspecified atom stereocenters. The molecule has 0 aliphatic carbocycles. The van der Waals surface area contributed by atoms with E-state index >= 15 is 0 Å². The normalized spacial score (nSPS) is 17.2. The highest BCUT2D eigenvalue weighted by Gasteiger charge is 2.21. The lowest BCUT2D eigenvalue weighted by Gasteiger charge is -2.24. The largest absolute Gasteiger partial charge is 0.309 e. The number of thiophene rings is 1. The van der Waals surface area contributed by atoms with E-state index in [1.165, 1.54) is 16.0 Å². The average Bonchev–Trinajstić information content (AvgIpc) is 3.06. The van der Waals surface area contributed by atoms with Crippen molar-refractivity contribution in [3.05, 3.63) is 70.2 Å². The second-order valence-electron chi connectivity index (χ2n) is 5.54. The molecule has 0 saturated heterocycles. The number of hydrogen-bond donors (Lipinski definition) is 1. The molecule has 1 aliphatic rings. The van der Waals surface area contributed by atoms with Gasteiger partial charge in [-0.25, -0.2) is 9.97 Å². The summed E-state index contributed by atoms with van der Waals surface area (Å²) in [6, 6.07) is 13.1. The zero-order chi connectivity index (χ0) is 14.8. The van der Waals surface area contributed by atoms with Gasteiger partial charge < -0.3 is 5.32 Å². The molecule has 0 saturated carbocycles. The molecule has 1 aliphatic heterocycles. The molecule has 4 heteroatoms. The van der Waals surface area contributed by atoms with Gasteiger partial charge in [0.15, 0.2) is 5.82 Å². The molecular formula is C18H17N3S. The first-order chi connectivity index (χ1) is 10.9. The summed E-state index contributed by atoms with van der Waals surface area (Å²) in [6.07, 6.45) is 5.73. The molecule has 0 radical (unpaired) electrons. The SMILES string of the molecule is c1cnc(-c2cccc(CC3NCCc4ccsc43)c2)nc1. The van der Waals surface area contributed by atoms with Crippen LogP contribution in [0.3, 0.4) is 0 Å². The van der Waals surface area contributed by atoms with E-state index in [9.17, 15) is 0 Å². The van der Waals surface area contributed by atoms with E-state index < -0.39 is 0 Å². The lowest BCUT2D eigenvalue weighted by atomic mass is 9.97. The minimum atomic E-state index is 0.427. The first-order valence-electron chi connectivity index (χ1n) is 7.56. The molecule has 0 spiro atoms. The fourth-order valence-corrected chi connectivity index (χ4v) is 4.05. The minimum Gasteiger partial charge on any atom is -0.309 e. The molecular weight excluding hydrogens is 290 g/mol. The molecule has 3 nitrogen and oxygen atoms in total. The Bertz CT molecular complexity index is 767. The van der Waals surface area contributed by atoms with Gasteiger partial charge in [0.1, 0.15) is 0 Å². The highest BCUT2D eigenvalue weighted by molar-refractivity contribution is 7.10. The predicted octanol–water partition coefficient (Wildman–Crippen LogP) is 3.63. The molecule has 1 aromatic carbocycles. The van der Waals surface area contributed by atoms with Gasteiger partial charge in [-0.05, 0) is 54.1 Å². The number of nitrogens with zero attached hydrogens (tertiary/aromatic N) is 2. The van der Waals surface area contributed by atoms with Crippen molar-refractivity contribution in [2.45, 2.75) is 18.9 Å². The fraction of sp³-hybridized carbons (Fsp3) is 0.222. The number of aromatic nitrogens is 2. The van der Waals surface area contributed by atoms with E-state index in [0.29, 0.717) is 6.04 Å². The molecule has 3 aromatic rings. The maximum Gasteiger partial charge on any atom is 0.159 e. The van der Waals surface area contributed by atoms with Gasteiger partial charge >= 0.3 is 0 Å². The van der Waals surface area contributed by atoms with Crippen LogP contribution in [0.1, 0.15) is 22.0 Å². The molecule has 22 heavy (non-hydrogen) atoms. The Morgan fingerprint density at radius 1 is 1.14 bits per heavy atom. The Hall–Kier alpha value is -2.04. The van der Waals surface area contributed by atoms with E-state index in [1.54, 1.807) is 12.4 Å². The summed E-state index contributed by atoms with van der Waals surface area (Å²) in [7, 11) is 0. The van der Waals surface area contributed by atoms with Crippen molar-refractivity contribution in [3.63, 3.8) is 0 Å². The zero-order valence-electron chi connectivity index (χ0n) is 12.2. The number of benzene rings is 1. The predicted molar refractivity (Wildman–Crippen MR) is 89.9 cm³/mol. The van der Waals surface area contributed by atoms with Gasteiger partial charge in [-0.1, -0.05) is 18.2 Å². The molecule has 1 N–H and O–H groups in total. The second-order valence-corrected chi connectivity index (χ2v) is 6.49. The summed E-state index contributed by atoms with van der Waals surface area (Å²) >= 11 is 1.87. The minimum absolute atomic E-state index is 0.427. The molecule has 3 heterocycles. The van der Waals surface area contributed by atoms with Crippen molar-refractivity contribution in [3.8, 4) is 11.4 Å². The topological polar surface area (TPSA) is 37.8 Å². The van der Waals surface area contributed by atoms with Crippen LogP contribution in [0.2, 0.25) is 0 Å². The van der Waals surface area contributed by atoms with Crippen molar-refractivity contribution in [2.75, 3.05) is 6.54 Å². The van der Waals surface area contributed by atoms with Gasteiger partial charge in [0.2, 0.25) is 0 Å². The third kappa shape index (κ3) is 2.67. The quantitative estimate of drug-likeness (QED) is 0.803. The van der Waals surface area contributed by atoms with Crippen LogP contribution < -0.4 is 5.32 Å². The number of hydrogen-bond acceptors (Lipinski definition) is 4. The first kappa shape index (κ1) is 13.6. The van der Waals surface area contributed by atoms with Crippen LogP contribution in [0.15, 0.2) is 54.2 Å². The highest BCUT2D eigenvalue weighted by atomic mass is 32.1. The molecule has 1 atom stereocenters. The van der Waals surface area contributed by atoms with Gasteiger partial charge in [-0.2, -0.15) is 0 Å². The van der Waals surface area contributed by atoms with E-state index in [2.05, 4.69) is 51.0 Å². The van der Waals surface area contributed by atoms with Crippen molar-refractivity contribution in [1.29, 1.82) is 0 Å². The Kier molecular flexibility index (Phi) is 3.70. The van der Waals surface area contributed by atoms with Gasteiger partial charge in [0.25, 0.3) is 0 Å². The van der Waals surface area contributed by atoms with Crippen LogP contribution in [0, 0.1) is 0 Å². The Morgan fingerprint density at radius 2 is 2.05 bits per heavy atom. The summed E-state index contributed by atoms with van der Waals surface area (Å²) in [4.78, 5) is 10.2. The van der Waals surface area contributed by atoms with E-state index in [4.69, 9.17) is 0 Å².